The van der Waals surface area contributed by atoms with Gasteiger partial charge in [0.2, 0.25) is 0 Å². The standard InChI is InChI=1S/C58H22F24/c59-51(60,61)27-9-23(10-28(17-27)52(62,63)64)43-21-44(24-11-29(53(65,66)67)18-30(12-24)54(68,69)70)40-7-3-37-38-4-8-42-46(26-15-33(57(77,78)79)20-34(16-26)58(80,81)82)22-45(25-13-31(55(71,72)73)19-32(14-25)56(74,75)76)41-6-2-36(48(38)50(41)42)35-1-5-39(43)49(40)47(35)37/h1-22H. The molecule has 0 N–H and O–H groups in total. The SMILES string of the molecule is FC(F)(F)c1cc(-c2cc(-c3cc(C(F)(F)F)cc(C(F)(F)F)c3)c3ccc4c5ccc6c(-c7cc(C(F)(F)F)cc(C(F)(F)F)c7)cc(-c7cc(C(F)(F)F)cc(C(F)(F)F)c7)c7ccc(c8ccc2c3c84)c5c76)cc(C(F)(F)F)c1. The second kappa shape index (κ2) is 17.7. The Balaban J connectivity index is 1.32. The molecule has 11 aromatic carbocycles. The fraction of sp³-hybridized carbons (Fsp3) is 0.138. The van der Waals surface area contributed by atoms with E-state index in [-0.39, 0.29) is 137 Å². The minimum absolute atomic E-state index is 0.00181. The van der Waals surface area contributed by atoms with E-state index >= 15 is 0 Å². The number of rotatable bonds is 4. The minimum atomic E-state index is -5.48. The van der Waals surface area contributed by atoms with Gasteiger partial charge in [0.25, 0.3) is 0 Å². The highest BCUT2D eigenvalue weighted by Gasteiger charge is 2.42. The third kappa shape index (κ3) is 9.39. The van der Waals surface area contributed by atoms with Gasteiger partial charge in [-0.3, -0.25) is 0 Å². The highest BCUT2D eigenvalue weighted by molar-refractivity contribution is 6.42. The van der Waals surface area contributed by atoms with Gasteiger partial charge >= 0.3 is 49.4 Å². The predicted molar refractivity (Wildman–Crippen MR) is 256 cm³/mol. The lowest BCUT2D eigenvalue weighted by Gasteiger charge is -2.24. The number of benzene rings is 11. The van der Waals surface area contributed by atoms with E-state index in [1.165, 1.54) is 24.3 Å². The normalized spacial score (nSPS) is 13.9. The molecule has 0 nitrogen and oxygen atoms in total. The summed E-state index contributed by atoms with van der Waals surface area (Å²) in [5.74, 6) is 0. The van der Waals surface area contributed by atoms with E-state index in [1.54, 1.807) is 0 Å². The predicted octanol–water partition coefficient (Wildman–Crippen LogP) is 22.3. The molecule has 82 heavy (non-hydrogen) atoms. The van der Waals surface area contributed by atoms with Gasteiger partial charge in [-0.2, -0.15) is 105 Å². The van der Waals surface area contributed by atoms with Crippen molar-refractivity contribution in [3.63, 3.8) is 0 Å². The Hall–Kier alpha value is -8.18. The highest BCUT2D eigenvalue weighted by Crippen LogP contribution is 2.54. The van der Waals surface area contributed by atoms with Gasteiger partial charge in [0, 0.05) is 0 Å². The summed E-state index contributed by atoms with van der Waals surface area (Å²) in [7, 11) is 0. The topological polar surface area (TPSA) is 0 Å². The van der Waals surface area contributed by atoms with E-state index in [0.29, 0.717) is 0 Å². The van der Waals surface area contributed by atoms with Crippen LogP contribution in [0, 0.1) is 0 Å². The Morgan fingerprint density at radius 2 is 0.293 bits per heavy atom. The average molecular weight is 1170 g/mol. The third-order valence-electron chi connectivity index (χ3n) is 14.2. The second-order valence-electron chi connectivity index (χ2n) is 19.3. The van der Waals surface area contributed by atoms with Gasteiger partial charge < -0.3 is 0 Å². The van der Waals surface area contributed by atoms with Crippen molar-refractivity contribution in [1.82, 2.24) is 0 Å². The quantitative estimate of drug-likeness (QED) is 0.0936. The van der Waals surface area contributed by atoms with Crippen LogP contribution in [0.3, 0.4) is 0 Å². The Bertz CT molecular complexity index is 3740. The molecule has 0 fully saturated rings. The van der Waals surface area contributed by atoms with Crippen molar-refractivity contribution in [3.8, 4) is 44.5 Å². The molecule has 0 bridgehead atoms. The van der Waals surface area contributed by atoms with Gasteiger partial charge in [0.15, 0.2) is 0 Å². The summed E-state index contributed by atoms with van der Waals surface area (Å²) in [5.41, 5.74) is -20.8. The van der Waals surface area contributed by atoms with Crippen molar-refractivity contribution in [2.24, 2.45) is 0 Å². The molecular formula is C58H22F24. The molecule has 0 unspecified atom stereocenters. The maximum absolute atomic E-state index is 14.4. The van der Waals surface area contributed by atoms with E-state index in [4.69, 9.17) is 0 Å². The van der Waals surface area contributed by atoms with Crippen molar-refractivity contribution in [2.45, 2.75) is 49.4 Å². The van der Waals surface area contributed by atoms with Gasteiger partial charge in [-0.25, -0.2) is 0 Å². The number of fused-ring (bicyclic) bond motifs is 2. The highest BCUT2D eigenvalue weighted by atomic mass is 19.4. The van der Waals surface area contributed by atoms with E-state index in [1.807, 2.05) is 0 Å². The summed E-state index contributed by atoms with van der Waals surface area (Å²) in [4.78, 5) is 0. The zero-order valence-corrected chi connectivity index (χ0v) is 39.8. The van der Waals surface area contributed by atoms with Crippen molar-refractivity contribution < 1.29 is 105 Å². The van der Waals surface area contributed by atoms with Crippen LogP contribution in [0.15, 0.2) is 133 Å². The molecule has 0 aliphatic rings. The van der Waals surface area contributed by atoms with Gasteiger partial charge in [-0.15, -0.1) is 0 Å². The Labute approximate surface area is 441 Å². The van der Waals surface area contributed by atoms with Crippen LogP contribution in [0.1, 0.15) is 44.5 Å². The number of hydrogen-bond donors (Lipinski definition) is 0. The molecule has 24 heteroatoms. The fourth-order valence-corrected chi connectivity index (χ4v) is 10.8. The molecule has 0 amide bonds. The van der Waals surface area contributed by atoms with Crippen LogP contribution in [0.25, 0.3) is 109 Å². The molecule has 0 heterocycles. The average Bonchev–Trinajstić information content (AvgIpc) is 0.809. The van der Waals surface area contributed by atoms with Crippen molar-refractivity contribution >= 4 is 64.6 Å². The number of hydrogen-bond acceptors (Lipinski definition) is 0. The molecule has 0 aliphatic heterocycles. The maximum Gasteiger partial charge on any atom is 0.416 e. The molecule has 0 radical (unpaired) electrons. The van der Waals surface area contributed by atoms with Crippen LogP contribution in [0.2, 0.25) is 0 Å². The van der Waals surface area contributed by atoms with Crippen LogP contribution < -0.4 is 0 Å². The largest absolute Gasteiger partial charge is 0.416 e. The first-order valence-electron chi connectivity index (χ1n) is 23.3. The molecule has 0 aliphatic carbocycles. The van der Waals surface area contributed by atoms with Crippen LogP contribution in [-0.4, -0.2) is 0 Å². The molecule has 11 rings (SSSR count). The first kappa shape index (κ1) is 55.7. The summed E-state index contributed by atoms with van der Waals surface area (Å²) in [5, 5.41) is -1.39. The Morgan fingerprint density at radius 3 is 0.439 bits per heavy atom. The van der Waals surface area contributed by atoms with Gasteiger partial charge in [0.05, 0.1) is 44.5 Å². The van der Waals surface area contributed by atoms with Gasteiger partial charge in [-0.1, -0.05) is 48.5 Å². The first-order valence-corrected chi connectivity index (χ1v) is 23.3. The number of halogens is 24. The molecule has 11 aromatic rings. The van der Waals surface area contributed by atoms with Gasteiger partial charge in [-0.05, 0) is 194 Å². The summed E-state index contributed by atoms with van der Waals surface area (Å²) >= 11 is 0. The van der Waals surface area contributed by atoms with E-state index in [0.717, 1.165) is 36.4 Å². The lowest BCUT2D eigenvalue weighted by molar-refractivity contribution is -0.144. The van der Waals surface area contributed by atoms with Gasteiger partial charge in [0.1, 0.15) is 0 Å². The third-order valence-corrected chi connectivity index (χ3v) is 14.2. The van der Waals surface area contributed by atoms with E-state index in [9.17, 15) is 105 Å². The van der Waals surface area contributed by atoms with Crippen molar-refractivity contribution in [2.75, 3.05) is 0 Å². The molecular weight excluding hydrogens is 1150 g/mol. The molecule has 0 saturated carbocycles. The lowest BCUT2D eigenvalue weighted by atomic mass is 9.80. The number of alkyl halides is 24. The first-order chi connectivity index (χ1) is 37.7. The smallest absolute Gasteiger partial charge is 0.166 e. The van der Waals surface area contributed by atoms with Crippen LogP contribution in [0.5, 0.6) is 0 Å². The molecule has 0 aromatic heterocycles. The zero-order chi connectivity index (χ0) is 59.7. The van der Waals surface area contributed by atoms with Crippen LogP contribution >= 0.6 is 0 Å². The maximum atomic E-state index is 14.4. The molecule has 0 saturated heterocycles. The van der Waals surface area contributed by atoms with E-state index < -0.39 is 138 Å². The minimum Gasteiger partial charge on any atom is -0.166 e. The molecule has 0 spiro atoms. The van der Waals surface area contributed by atoms with Crippen LogP contribution in [-0.2, 0) is 49.4 Å². The fourth-order valence-electron chi connectivity index (χ4n) is 10.8. The Morgan fingerprint density at radius 1 is 0.159 bits per heavy atom. The summed E-state index contributed by atoms with van der Waals surface area (Å²) in [6.07, 6.45) is -43.9. The zero-order valence-electron chi connectivity index (χ0n) is 39.8. The van der Waals surface area contributed by atoms with E-state index in [2.05, 4.69) is 0 Å². The Kier molecular flexibility index (Phi) is 12.0. The monoisotopic (exact) mass is 1170 g/mol. The summed E-state index contributed by atoms with van der Waals surface area (Å²) in [6, 6.07) is 12.4. The molecule has 0 atom stereocenters. The second-order valence-corrected chi connectivity index (χ2v) is 19.3. The summed E-state index contributed by atoms with van der Waals surface area (Å²) in [6.45, 7) is 0. The van der Waals surface area contributed by atoms with Crippen molar-refractivity contribution in [3.05, 3.63) is 178 Å². The summed E-state index contributed by atoms with van der Waals surface area (Å²) < 4.78 is 346. The molecule has 422 valence electrons. The lowest BCUT2D eigenvalue weighted by Crippen LogP contribution is -2.11. The van der Waals surface area contributed by atoms with Crippen molar-refractivity contribution in [1.29, 1.82) is 0 Å². The van der Waals surface area contributed by atoms with Crippen LogP contribution in [0.4, 0.5) is 105 Å².